The van der Waals surface area contributed by atoms with Gasteiger partial charge >= 0.3 is 0 Å². The van der Waals surface area contributed by atoms with Gasteiger partial charge in [-0.05, 0) is 25.0 Å². The average molecular weight is 246 g/mol. The normalized spacial score (nSPS) is 12.6. The molecule has 6 heteroatoms. The maximum atomic E-state index is 9.46. The van der Waals surface area contributed by atoms with Crippen molar-refractivity contribution < 1.29 is 9.84 Å². The van der Waals surface area contributed by atoms with Gasteiger partial charge in [-0.25, -0.2) is 0 Å². The molecule has 0 amide bonds. The molecule has 1 unspecified atom stereocenters. The Morgan fingerprint density at radius 3 is 2.69 bits per heavy atom. The second-order valence-corrected chi connectivity index (χ2v) is 3.94. The highest BCUT2D eigenvalue weighted by Crippen LogP contribution is 2.20. The van der Waals surface area contributed by atoms with E-state index >= 15 is 0 Å². The molecule has 5 nitrogen and oxygen atoms in total. The van der Waals surface area contributed by atoms with Gasteiger partial charge in [-0.2, -0.15) is 0 Å². The third-order valence-corrected chi connectivity index (χ3v) is 2.69. The van der Waals surface area contributed by atoms with E-state index in [1.807, 2.05) is 13.8 Å². The highest BCUT2D eigenvalue weighted by molar-refractivity contribution is 6.30. The zero-order chi connectivity index (χ0) is 12.1. The molecule has 1 atom stereocenters. The van der Waals surface area contributed by atoms with Crippen LogP contribution >= 0.6 is 11.6 Å². The number of ether oxygens (including phenoxy) is 1. The number of aliphatic hydroxyl groups is 1. The smallest absolute Gasteiger partial charge is 0.155 e. The van der Waals surface area contributed by atoms with E-state index in [4.69, 9.17) is 16.3 Å². The molecule has 0 fully saturated rings. The third-order valence-electron chi connectivity index (χ3n) is 2.33. The zero-order valence-electron chi connectivity index (χ0n) is 9.62. The van der Waals surface area contributed by atoms with E-state index < -0.39 is 6.10 Å². The van der Waals surface area contributed by atoms with Crippen LogP contribution in [-0.4, -0.2) is 41.7 Å². The molecule has 0 aliphatic carbocycles. The summed E-state index contributed by atoms with van der Waals surface area (Å²) < 4.78 is 4.82. The summed E-state index contributed by atoms with van der Waals surface area (Å²) in [5.41, 5.74) is 1.82. The molecular formula is C10H16ClN3O2. The van der Waals surface area contributed by atoms with Crippen molar-refractivity contribution in [3.8, 4) is 0 Å². The monoisotopic (exact) mass is 245 g/mol. The Bertz CT molecular complexity index is 360. The van der Waals surface area contributed by atoms with E-state index in [1.54, 1.807) is 7.11 Å². The molecule has 0 aliphatic rings. The van der Waals surface area contributed by atoms with Gasteiger partial charge in [-0.3, -0.25) is 0 Å². The van der Waals surface area contributed by atoms with E-state index in [0.29, 0.717) is 17.5 Å². The molecule has 2 N–H and O–H groups in total. The molecule has 16 heavy (non-hydrogen) atoms. The van der Waals surface area contributed by atoms with Crippen LogP contribution < -0.4 is 5.32 Å². The number of anilines is 1. The minimum Gasteiger partial charge on any atom is -0.389 e. The number of nitrogens with one attached hydrogen (secondary N) is 1. The maximum Gasteiger partial charge on any atom is 0.155 e. The lowest BCUT2D eigenvalue weighted by molar-refractivity contribution is 0.0727. The van der Waals surface area contributed by atoms with Gasteiger partial charge in [-0.1, -0.05) is 11.6 Å². The molecule has 0 saturated carbocycles. The topological polar surface area (TPSA) is 67.3 Å². The van der Waals surface area contributed by atoms with Crippen molar-refractivity contribution in [3.05, 3.63) is 16.3 Å². The molecule has 0 spiro atoms. The standard InChI is InChI=1S/C10H16ClN3O2/c1-6-7(2)10(14-13-9(6)11)12-4-8(15)5-16-3/h8,15H,4-5H2,1-3H3,(H,12,14). The van der Waals surface area contributed by atoms with E-state index in [1.165, 1.54) is 0 Å². The van der Waals surface area contributed by atoms with Gasteiger partial charge in [-0.15, -0.1) is 10.2 Å². The summed E-state index contributed by atoms with van der Waals surface area (Å²) in [4.78, 5) is 0. The summed E-state index contributed by atoms with van der Waals surface area (Å²) in [6, 6.07) is 0. The van der Waals surface area contributed by atoms with Crippen LogP contribution in [0.25, 0.3) is 0 Å². The van der Waals surface area contributed by atoms with Crippen LogP contribution in [-0.2, 0) is 4.74 Å². The van der Waals surface area contributed by atoms with Crippen molar-refractivity contribution in [1.29, 1.82) is 0 Å². The van der Waals surface area contributed by atoms with Crippen LogP contribution in [0, 0.1) is 13.8 Å². The highest BCUT2D eigenvalue weighted by atomic mass is 35.5. The summed E-state index contributed by atoms with van der Waals surface area (Å²) in [5, 5.41) is 20.6. The summed E-state index contributed by atoms with van der Waals surface area (Å²) in [5.74, 6) is 0.636. The van der Waals surface area contributed by atoms with Crippen LogP contribution in [0.5, 0.6) is 0 Å². The molecule has 0 bridgehead atoms. The first kappa shape index (κ1) is 13.2. The fourth-order valence-corrected chi connectivity index (χ4v) is 1.39. The van der Waals surface area contributed by atoms with Crippen LogP contribution in [0.2, 0.25) is 5.15 Å². The molecule has 1 aromatic heterocycles. The third kappa shape index (κ3) is 3.30. The van der Waals surface area contributed by atoms with E-state index in [9.17, 15) is 5.11 Å². The largest absolute Gasteiger partial charge is 0.389 e. The Morgan fingerprint density at radius 2 is 2.06 bits per heavy atom. The number of nitrogens with zero attached hydrogens (tertiary/aromatic N) is 2. The number of halogens is 1. The Labute approximate surface area is 99.8 Å². The minimum atomic E-state index is -0.567. The lowest BCUT2D eigenvalue weighted by Gasteiger charge is -2.13. The van der Waals surface area contributed by atoms with E-state index in [2.05, 4.69) is 15.5 Å². The number of methoxy groups -OCH3 is 1. The van der Waals surface area contributed by atoms with E-state index in [-0.39, 0.29) is 6.61 Å². The van der Waals surface area contributed by atoms with Gasteiger partial charge < -0.3 is 15.2 Å². The number of aliphatic hydroxyl groups excluding tert-OH is 1. The molecule has 1 rings (SSSR count). The second-order valence-electron chi connectivity index (χ2n) is 3.58. The SMILES string of the molecule is COCC(O)CNc1nnc(Cl)c(C)c1C. The molecule has 90 valence electrons. The molecule has 0 saturated heterocycles. The van der Waals surface area contributed by atoms with Gasteiger partial charge in [0, 0.05) is 13.7 Å². The average Bonchev–Trinajstić information content (AvgIpc) is 2.25. The fourth-order valence-electron chi connectivity index (χ4n) is 1.21. The molecule has 1 aromatic rings. The van der Waals surface area contributed by atoms with Gasteiger partial charge in [0.2, 0.25) is 0 Å². The number of aromatic nitrogens is 2. The van der Waals surface area contributed by atoms with Gasteiger partial charge in [0.15, 0.2) is 11.0 Å². The Kier molecular flexibility index (Phi) is 4.92. The first-order valence-corrected chi connectivity index (χ1v) is 5.34. The summed E-state index contributed by atoms with van der Waals surface area (Å²) >= 11 is 5.83. The quantitative estimate of drug-likeness (QED) is 0.815. The van der Waals surface area contributed by atoms with Crippen molar-refractivity contribution in [1.82, 2.24) is 10.2 Å². The van der Waals surface area contributed by atoms with Crippen molar-refractivity contribution >= 4 is 17.4 Å². The maximum absolute atomic E-state index is 9.46. The minimum absolute atomic E-state index is 0.284. The number of rotatable bonds is 5. The first-order valence-electron chi connectivity index (χ1n) is 4.96. The second kappa shape index (κ2) is 5.98. The Balaban J connectivity index is 2.64. The van der Waals surface area contributed by atoms with Crippen molar-refractivity contribution in [3.63, 3.8) is 0 Å². The fraction of sp³-hybridized carbons (Fsp3) is 0.600. The summed E-state index contributed by atoms with van der Waals surface area (Å²) in [6.45, 7) is 4.43. The summed E-state index contributed by atoms with van der Waals surface area (Å²) in [7, 11) is 1.54. The van der Waals surface area contributed by atoms with Gasteiger partial charge in [0.1, 0.15) is 0 Å². The number of hydrogen-bond donors (Lipinski definition) is 2. The summed E-state index contributed by atoms with van der Waals surface area (Å²) in [6.07, 6.45) is -0.567. The van der Waals surface area contributed by atoms with Crippen LogP contribution in [0.15, 0.2) is 0 Å². The van der Waals surface area contributed by atoms with Crippen molar-refractivity contribution in [2.24, 2.45) is 0 Å². The zero-order valence-corrected chi connectivity index (χ0v) is 10.4. The van der Waals surface area contributed by atoms with Crippen molar-refractivity contribution in [2.75, 3.05) is 25.6 Å². The molecule has 0 aromatic carbocycles. The molecule has 0 aliphatic heterocycles. The van der Waals surface area contributed by atoms with Gasteiger partial charge in [0.25, 0.3) is 0 Å². The van der Waals surface area contributed by atoms with Crippen LogP contribution in [0.4, 0.5) is 5.82 Å². The lowest BCUT2D eigenvalue weighted by Crippen LogP contribution is -2.25. The number of hydrogen-bond acceptors (Lipinski definition) is 5. The van der Waals surface area contributed by atoms with Crippen molar-refractivity contribution in [2.45, 2.75) is 20.0 Å². The molecule has 0 radical (unpaired) electrons. The predicted molar refractivity (Wildman–Crippen MR) is 62.9 cm³/mol. The lowest BCUT2D eigenvalue weighted by atomic mass is 10.2. The highest BCUT2D eigenvalue weighted by Gasteiger charge is 2.09. The van der Waals surface area contributed by atoms with Crippen LogP contribution in [0.3, 0.4) is 0 Å². The Morgan fingerprint density at radius 1 is 1.38 bits per heavy atom. The first-order chi connectivity index (χ1) is 7.56. The van der Waals surface area contributed by atoms with Gasteiger partial charge in [0.05, 0.1) is 12.7 Å². The van der Waals surface area contributed by atoms with E-state index in [0.717, 1.165) is 11.1 Å². The predicted octanol–water partition coefficient (Wildman–Crippen LogP) is 1.17. The molecular weight excluding hydrogens is 230 g/mol. The Hall–Kier alpha value is -0.910. The molecule has 1 heterocycles. The van der Waals surface area contributed by atoms with Crippen LogP contribution in [0.1, 0.15) is 11.1 Å².